The minimum atomic E-state index is -0.552. The molecule has 4 nitrogen and oxygen atoms in total. The second-order valence-corrected chi connectivity index (χ2v) is 5.51. The van der Waals surface area contributed by atoms with Crippen molar-refractivity contribution in [3.05, 3.63) is 34.1 Å². The summed E-state index contributed by atoms with van der Waals surface area (Å²) in [6, 6.07) is 5.92. The third-order valence-corrected chi connectivity index (χ3v) is 3.94. The first-order chi connectivity index (χ1) is 8.44. The molecule has 0 aliphatic rings. The molecule has 0 saturated carbocycles. The molecule has 1 heterocycles. The van der Waals surface area contributed by atoms with Crippen LogP contribution >= 0.6 is 15.9 Å². The van der Waals surface area contributed by atoms with E-state index in [2.05, 4.69) is 26.1 Å². The third kappa shape index (κ3) is 2.47. The summed E-state index contributed by atoms with van der Waals surface area (Å²) in [6.07, 6.45) is 0.754. The van der Waals surface area contributed by atoms with E-state index in [1.54, 1.807) is 0 Å². The maximum absolute atomic E-state index is 6.09. The van der Waals surface area contributed by atoms with E-state index in [1.807, 2.05) is 39.0 Å². The summed E-state index contributed by atoms with van der Waals surface area (Å²) in [5.74, 6) is 1.03. The van der Waals surface area contributed by atoms with Crippen LogP contribution in [0.15, 0.2) is 27.2 Å². The van der Waals surface area contributed by atoms with Gasteiger partial charge in [-0.25, -0.2) is 0 Å². The number of nitrogens with two attached hydrogens (primary N) is 1. The molecule has 96 valence electrons. The van der Waals surface area contributed by atoms with E-state index < -0.39 is 5.54 Å². The van der Waals surface area contributed by atoms with Crippen LogP contribution in [0.25, 0.3) is 11.5 Å². The van der Waals surface area contributed by atoms with Crippen LogP contribution in [0.5, 0.6) is 0 Å². The van der Waals surface area contributed by atoms with Gasteiger partial charge in [0.1, 0.15) is 0 Å². The van der Waals surface area contributed by atoms with Crippen LogP contribution in [0.1, 0.15) is 31.7 Å². The molecule has 2 N–H and O–H groups in total. The van der Waals surface area contributed by atoms with Crippen LogP contribution in [0.2, 0.25) is 0 Å². The van der Waals surface area contributed by atoms with Gasteiger partial charge in [-0.1, -0.05) is 34.1 Å². The van der Waals surface area contributed by atoms with Gasteiger partial charge in [0.25, 0.3) is 5.89 Å². The lowest BCUT2D eigenvalue weighted by molar-refractivity contribution is 0.379. The molecular formula is C13H16BrN3O. The zero-order valence-corrected chi connectivity index (χ0v) is 12.3. The quantitative estimate of drug-likeness (QED) is 0.943. The number of rotatable bonds is 3. The first-order valence-electron chi connectivity index (χ1n) is 5.83. The standard InChI is InChI=1S/C13H16BrN3O/c1-4-13(3,15)12-16-11(18-17-12)9-6-5-8(2)10(14)7-9/h5-7H,4,15H2,1-3H3. The average molecular weight is 310 g/mol. The first-order valence-corrected chi connectivity index (χ1v) is 6.63. The second-order valence-electron chi connectivity index (χ2n) is 4.66. The molecular weight excluding hydrogens is 294 g/mol. The summed E-state index contributed by atoms with van der Waals surface area (Å²) >= 11 is 3.49. The third-order valence-electron chi connectivity index (χ3n) is 3.09. The van der Waals surface area contributed by atoms with Crippen molar-refractivity contribution in [3.63, 3.8) is 0 Å². The highest BCUT2D eigenvalue weighted by Gasteiger charge is 2.25. The van der Waals surface area contributed by atoms with Crippen LogP contribution in [0.4, 0.5) is 0 Å². The van der Waals surface area contributed by atoms with Crippen molar-refractivity contribution in [1.82, 2.24) is 10.1 Å². The lowest BCUT2D eigenvalue weighted by Crippen LogP contribution is -2.33. The zero-order valence-electron chi connectivity index (χ0n) is 10.7. The van der Waals surface area contributed by atoms with E-state index in [1.165, 1.54) is 0 Å². The predicted molar refractivity (Wildman–Crippen MR) is 74.0 cm³/mol. The molecule has 0 aliphatic heterocycles. The Morgan fingerprint density at radius 1 is 1.44 bits per heavy atom. The fourth-order valence-electron chi connectivity index (χ4n) is 1.46. The largest absolute Gasteiger partial charge is 0.334 e. The molecule has 5 heteroatoms. The fourth-order valence-corrected chi connectivity index (χ4v) is 1.84. The smallest absolute Gasteiger partial charge is 0.258 e. The monoisotopic (exact) mass is 309 g/mol. The Bertz CT molecular complexity index is 563. The number of aromatic nitrogens is 2. The number of nitrogens with zero attached hydrogens (tertiary/aromatic N) is 2. The molecule has 0 bridgehead atoms. The molecule has 0 saturated heterocycles. The maximum atomic E-state index is 6.09. The molecule has 0 amide bonds. The molecule has 0 spiro atoms. The summed E-state index contributed by atoms with van der Waals surface area (Å²) in [5, 5.41) is 3.96. The highest BCUT2D eigenvalue weighted by Crippen LogP contribution is 2.26. The van der Waals surface area contributed by atoms with E-state index in [4.69, 9.17) is 10.3 Å². The van der Waals surface area contributed by atoms with Crippen molar-refractivity contribution in [2.75, 3.05) is 0 Å². The van der Waals surface area contributed by atoms with Crippen LogP contribution in [0.3, 0.4) is 0 Å². The Morgan fingerprint density at radius 2 is 2.17 bits per heavy atom. The predicted octanol–water partition coefficient (Wildman–Crippen LogP) is 3.39. The van der Waals surface area contributed by atoms with Crippen molar-refractivity contribution in [2.24, 2.45) is 5.73 Å². The Labute approximate surface area is 115 Å². The van der Waals surface area contributed by atoms with Gasteiger partial charge in [-0.3, -0.25) is 0 Å². The topological polar surface area (TPSA) is 64.9 Å². The van der Waals surface area contributed by atoms with Gasteiger partial charge in [0.05, 0.1) is 5.54 Å². The van der Waals surface area contributed by atoms with Crippen molar-refractivity contribution >= 4 is 15.9 Å². The van der Waals surface area contributed by atoms with Crippen LogP contribution < -0.4 is 5.73 Å². The second kappa shape index (κ2) is 4.82. The number of benzene rings is 1. The molecule has 0 fully saturated rings. The summed E-state index contributed by atoms with van der Waals surface area (Å²) in [5.41, 5.74) is 7.59. The number of hydrogen-bond donors (Lipinski definition) is 1. The number of aryl methyl sites for hydroxylation is 1. The molecule has 2 aromatic rings. The van der Waals surface area contributed by atoms with E-state index in [0.29, 0.717) is 11.7 Å². The number of hydrogen-bond acceptors (Lipinski definition) is 4. The summed E-state index contributed by atoms with van der Waals surface area (Å²) < 4.78 is 6.29. The van der Waals surface area contributed by atoms with Gasteiger partial charge in [0.15, 0.2) is 5.82 Å². The maximum Gasteiger partial charge on any atom is 0.258 e. The minimum absolute atomic E-state index is 0.496. The normalized spacial score (nSPS) is 14.5. The highest BCUT2D eigenvalue weighted by atomic mass is 79.9. The van der Waals surface area contributed by atoms with Gasteiger partial charge >= 0.3 is 0 Å². The summed E-state index contributed by atoms with van der Waals surface area (Å²) in [6.45, 7) is 5.92. The van der Waals surface area contributed by atoms with Crippen molar-refractivity contribution in [3.8, 4) is 11.5 Å². The molecule has 18 heavy (non-hydrogen) atoms. The van der Waals surface area contributed by atoms with E-state index in [9.17, 15) is 0 Å². The Kier molecular flexibility index (Phi) is 3.54. The van der Waals surface area contributed by atoms with Gasteiger partial charge < -0.3 is 10.3 Å². The van der Waals surface area contributed by atoms with E-state index in [0.717, 1.165) is 22.0 Å². The molecule has 1 aromatic heterocycles. The van der Waals surface area contributed by atoms with Gasteiger partial charge in [-0.2, -0.15) is 4.98 Å². The Hall–Kier alpha value is -1.20. The van der Waals surface area contributed by atoms with E-state index >= 15 is 0 Å². The van der Waals surface area contributed by atoms with Crippen molar-refractivity contribution < 1.29 is 4.52 Å². The zero-order chi connectivity index (χ0) is 13.3. The van der Waals surface area contributed by atoms with Gasteiger partial charge in [-0.05, 0) is 38.0 Å². The fraction of sp³-hybridized carbons (Fsp3) is 0.385. The molecule has 1 aromatic carbocycles. The Morgan fingerprint density at radius 3 is 2.78 bits per heavy atom. The highest BCUT2D eigenvalue weighted by molar-refractivity contribution is 9.10. The van der Waals surface area contributed by atoms with Gasteiger partial charge in [0.2, 0.25) is 0 Å². The summed E-state index contributed by atoms with van der Waals surface area (Å²) in [7, 11) is 0. The molecule has 0 radical (unpaired) electrons. The van der Waals surface area contributed by atoms with Crippen LogP contribution in [-0.2, 0) is 5.54 Å². The first kappa shape index (κ1) is 13.2. The number of halogens is 1. The molecule has 1 atom stereocenters. The van der Waals surface area contributed by atoms with Crippen LogP contribution in [0, 0.1) is 6.92 Å². The minimum Gasteiger partial charge on any atom is -0.334 e. The lowest BCUT2D eigenvalue weighted by Gasteiger charge is -2.16. The molecule has 0 aliphatic carbocycles. The molecule has 1 unspecified atom stereocenters. The van der Waals surface area contributed by atoms with Crippen LogP contribution in [-0.4, -0.2) is 10.1 Å². The average Bonchev–Trinajstić information content (AvgIpc) is 2.83. The van der Waals surface area contributed by atoms with Crippen molar-refractivity contribution in [1.29, 1.82) is 0 Å². The summed E-state index contributed by atoms with van der Waals surface area (Å²) in [4.78, 5) is 4.37. The van der Waals surface area contributed by atoms with E-state index in [-0.39, 0.29) is 0 Å². The van der Waals surface area contributed by atoms with Crippen molar-refractivity contribution in [2.45, 2.75) is 32.7 Å². The van der Waals surface area contributed by atoms with Gasteiger partial charge in [0, 0.05) is 10.0 Å². The Balaban J connectivity index is 2.38. The molecule has 2 rings (SSSR count). The SMILES string of the molecule is CCC(C)(N)c1noc(-c2ccc(C)c(Br)c2)n1. The lowest BCUT2D eigenvalue weighted by atomic mass is 10.00. The van der Waals surface area contributed by atoms with Gasteiger partial charge in [-0.15, -0.1) is 0 Å².